The van der Waals surface area contributed by atoms with E-state index in [1.807, 2.05) is 0 Å². The zero-order chi connectivity index (χ0) is 14.5. The summed E-state index contributed by atoms with van der Waals surface area (Å²) >= 11 is 0. The van der Waals surface area contributed by atoms with Crippen molar-refractivity contribution in [3.05, 3.63) is 36.7 Å². The van der Waals surface area contributed by atoms with Gasteiger partial charge in [-0.3, -0.25) is 4.68 Å². The molecule has 0 saturated carbocycles. The van der Waals surface area contributed by atoms with Crippen molar-refractivity contribution in [2.45, 2.75) is 12.7 Å². The Kier molecular flexibility index (Phi) is 4.62. The summed E-state index contributed by atoms with van der Waals surface area (Å²) < 4.78 is 41.0. The van der Waals surface area contributed by atoms with Crippen LogP contribution in [0.1, 0.15) is 5.56 Å². The summed E-state index contributed by atoms with van der Waals surface area (Å²) in [5.41, 5.74) is 0.271. The molecule has 0 atom stereocenters. The summed E-state index contributed by atoms with van der Waals surface area (Å²) in [6.45, 7) is 1.88. The summed E-state index contributed by atoms with van der Waals surface area (Å²) in [6, 6.07) is 0. The molecule has 1 rings (SSSR count). The van der Waals surface area contributed by atoms with E-state index in [-0.39, 0.29) is 5.56 Å². The topological polar surface area (TPSA) is 61.2 Å². The third-order valence-electron chi connectivity index (χ3n) is 1.77. The van der Waals surface area contributed by atoms with Crippen LogP contribution in [-0.2, 0) is 20.9 Å². The van der Waals surface area contributed by atoms with Gasteiger partial charge in [-0.25, -0.2) is 9.59 Å². The van der Waals surface area contributed by atoms with Crippen LogP contribution in [0, 0.1) is 0 Å². The van der Waals surface area contributed by atoms with Gasteiger partial charge in [-0.1, -0.05) is 6.58 Å². The average Bonchev–Trinajstić information content (AvgIpc) is 2.71. The minimum atomic E-state index is -4.37. The van der Waals surface area contributed by atoms with E-state index in [2.05, 4.69) is 16.4 Å². The highest BCUT2D eigenvalue weighted by molar-refractivity contribution is 5.98. The van der Waals surface area contributed by atoms with Crippen LogP contribution in [0.25, 0.3) is 6.08 Å². The number of alkyl halides is 3. The molecule has 0 aromatic carbocycles. The summed E-state index contributed by atoms with van der Waals surface area (Å²) in [6.07, 6.45) is 0.766. The van der Waals surface area contributed by atoms with Crippen molar-refractivity contribution in [3.63, 3.8) is 0 Å². The van der Waals surface area contributed by atoms with E-state index in [4.69, 9.17) is 0 Å². The molecular weight excluding hydrogens is 265 g/mol. The maximum absolute atomic E-state index is 12.0. The SMILES string of the molecule is C=CC(=O)OC(=O)/C=C/c1cnn(CC(F)(F)F)c1. The van der Waals surface area contributed by atoms with Crippen molar-refractivity contribution in [2.24, 2.45) is 0 Å². The number of ether oxygens (including phenoxy) is 1. The van der Waals surface area contributed by atoms with Crippen molar-refractivity contribution in [2.75, 3.05) is 0 Å². The lowest BCUT2D eigenvalue weighted by molar-refractivity contribution is -0.152. The highest BCUT2D eigenvalue weighted by Gasteiger charge is 2.28. The van der Waals surface area contributed by atoms with Gasteiger partial charge in [-0.05, 0) is 6.08 Å². The van der Waals surface area contributed by atoms with E-state index in [1.54, 1.807) is 0 Å². The van der Waals surface area contributed by atoms with E-state index >= 15 is 0 Å². The summed E-state index contributed by atoms with van der Waals surface area (Å²) in [7, 11) is 0. The minimum absolute atomic E-state index is 0.271. The van der Waals surface area contributed by atoms with E-state index in [9.17, 15) is 22.8 Å². The number of halogens is 3. The van der Waals surface area contributed by atoms with Gasteiger partial charge in [0.25, 0.3) is 0 Å². The van der Waals surface area contributed by atoms with Gasteiger partial charge in [0.2, 0.25) is 0 Å². The molecule has 0 aliphatic carbocycles. The van der Waals surface area contributed by atoms with Gasteiger partial charge in [0.15, 0.2) is 0 Å². The van der Waals surface area contributed by atoms with Crippen molar-refractivity contribution in [1.29, 1.82) is 0 Å². The summed E-state index contributed by atoms with van der Waals surface area (Å²) in [5, 5.41) is 3.47. The van der Waals surface area contributed by atoms with E-state index < -0.39 is 24.7 Å². The Bertz CT molecular complexity index is 518. The fourth-order valence-electron chi connectivity index (χ4n) is 1.07. The number of hydrogen-bond acceptors (Lipinski definition) is 4. The lowest BCUT2D eigenvalue weighted by atomic mass is 10.3. The van der Waals surface area contributed by atoms with Crippen molar-refractivity contribution < 1.29 is 27.5 Å². The number of carbonyl (C=O) groups excluding carboxylic acids is 2. The molecule has 0 aliphatic rings. The standard InChI is InChI=1S/C11H9F3N2O3/c1-2-9(17)19-10(18)4-3-8-5-15-16(6-8)7-11(12,13)14/h2-6H,1,7H2/b4-3+. The number of hydrogen-bond donors (Lipinski definition) is 0. The molecule has 0 aliphatic heterocycles. The molecule has 0 saturated heterocycles. The molecule has 8 heteroatoms. The molecule has 0 fully saturated rings. The molecule has 1 aromatic heterocycles. The largest absolute Gasteiger partial charge is 0.408 e. The predicted octanol–water partition coefficient (Wildman–Crippen LogP) is 1.71. The van der Waals surface area contributed by atoms with Gasteiger partial charge in [0, 0.05) is 23.9 Å². The fourth-order valence-corrected chi connectivity index (χ4v) is 1.07. The number of nitrogens with zero attached hydrogens (tertiary/aromatic N) is 2. The third-order valence-corrected chi connectivity index (χ3v) is 1.77. The Morgan fingerprint density at radius 1 is 1.42 bits per heavy atom. The molecule has 0 N–H and O–H groups in total. The van der Waals surface area contributed by atoms with Crippen LogP contribution in [0.4, 0.5) is 13.2 Å². The molecule has 1 aromatic rings. The lowest BCUT2D eigenvalue weighted by Gasteiger charge is -2.04. The van der Waals surface area contributed by atoms with Gasteiger partial charge < -0.3 is 4.74 Å². The molecule has 102 valence electrons. The zero-order valence-corrected chi connectivity index (χ0v) is 9.55. The van der Waals surface area contributed by atoms with Crippen molar-refractivity contribution in [1.82, 2.24) is 9.78 Å². The Labute approximate surface area is 106 Å². The van der Waals surface area contributed by atoms with Crippen LogP contribution in [0.2, 0.25) is 0 Å². The second kappa shape index (κ2) is 5.98. The lowest BCUT2D eigenvalue weighted by Crippen LogP contribution is -2.17. The maximum atomic E-state index is 12.0. The van der Waals surface area contributed by atoms with E-state index in [0.29, 0.717) is 4.68 Å². The van der Waals surface area contributed by atoms with Gasteiger partial charge >= 0.3 is 18.1 Å². The number of esters is 2. The van der Waals surface area contributed by atoms with Crippen LogP contribution in [0.3, 0.4) is 0 Å². The first-order valence-electron chi connectivity index (χ1n) is 4.95. The molecule has 5 nitrogen and oxygen atoms in total. The van der Waals surface area contributed by atoms with Crippen molar-refractivity contribution in [3.8, 4) is 0 Å². The maximum Gasteiger partial charge on any atom is 0.408 e. The smallest absolute Gasteiger partial charge is 0.387 e. The Morgan fingerprint density at radius 2 is 2.11 bits per heavy atom. The van der Waals surface area contributed by atoms with Gasteiger partial charge in [0.05, 0.1) is 6.20 Å². The highest BCUT2D eigenvalue weighted by atomic mass is 19.4. The molecular formula is C11H9F3N2O3. The number of aromatic nitrogens is 2. The zero-order valence-electron chi connectivity index (χ0n) is 9.55. The Balaban J connectivity index is 2.60. The summed E-state index contributed by atoms with van der Waals surface area (Å²) in [5.74, 6) is -1.86. The van der Waals surface area contributed by atoms with Gasteiger partial charge in [-0.15, -0.1) is 0 Å². The third kappa shape index (κ3) is 5.66. The second-order valence-corrected chi connectivity index (χ2v) is 3.36. The average molecular weight is 274 g/mol. The number of carbonyl (C=O) groups is 2. The van der Waals surface area contributed by atoms with E-state index in [1.165, 1.54) is 6.08 Å². The molecule has 19 heavy (non-hydrogen) atoms. The first-order chi connectivity index (χ1) is 8.80. The number of rotatable bonds is 4. The normalized spacial score (nSPS) is 11.5. The molecule has 0 amide bonds. The highest BCUT2D eigenvalue weighted by Crippen LogP contribution is 2.17. The quantitative estimate of drug-likeness (QED) is 0.476. The second-order valence-electron chi connectivity index (χ2n) is 3.36. The Hall–Kier alpha value is -2.38. The van der Waals surface area contributed by atoms with Crippen molar-refractivity contribution >= 4 is 18.0 Å². The summed E-state index contributed by atoms with van der Waals surface area (Å²) in [4.78, 5) is 21.7. The van der Waals surface area contributed by atoms with Gasteiger partial charge in [-0.2, -0.15) is 18.3 Å². The predicted molar refractivity (Wildman–Crippen MR) is 58.6 cm³/mol. The first kappa shape index (κ1) is 14.7. The molecule has 0 spiro atoms. The fraction of sp³-hybridized carbons (Fsp3) is 0.182. The minimum Gasteiger partial charge on any atom is -0.387 e. The monoisotopic (exact) mass is 274 g/mol. The Morgan fingerprint density at radius 3 is 2.68 bits per heavy atom. The van der Waals surface area contributed by atoms with Gasteiger partial charge in [0.1, 0.15) is 6.54 Å². The van der Waals surface area contributed by atoms with Crippen LogP contribution in [0.15, 0.2) is 31.1 Å². The molecule has 0 radical (unpaired) electrons. The molecule has 0 bridgehead atoms. The van der Waals surface area contributed by atoms with Crippen LogP contribution < -0.4 is 0 Å². The van der Waals surface area contributed by atoms with Crippen LogP contribution >= 0.6 is 0 Å². The molecule has 1 heterocycles. The van der Waals surface area contributed by atoms with E-state index in [0.717, 1.165) is 24.5 Å². The van der Waals surface area contributed by atoms with Crippen LogP contribution in [-0.4, -0.2) is 27.9 Å². The molecule has 0 unspecified atom stereocenters. The first-order valence-corrected chi connectivity index (χ1v) is 4.95. The van der Waals surface area contributed by atoms with Crippen LogP contribution in [0.5, 0.6) is 0 Å².